The fraction of sp³-hybridized carbons (Fsp3) is 0.500. The number of hydrogen-bond acceptors (Lipinski definition) is 3. The van der Waals surface area contributed by atoms with Crippen LogP contribution in [0.4, 0.5) is 5.69 Å². The van der Waals surface area contributed by atoms with Gasteiger partial charge in [-0.3, -0.25) is 0 Å². The van der Waals surface area contributed by atoms with Gasteiger partial charge in [0.1, 0.15) is 0 Å². The predicted molar refractivity (Wildman–Crippen MR) is 80.1 cm³/mol. The number of carboxylic acids is 1. The molecule has 106 valence electrons. The van der Waals surface area contributed by atoms with E-state index in [4.69, 9.17) is 4.74 Å². The third-order valence-corrected chi connectivity index (χ3v) is 3.65. The van der Waals surface area contributed by atoms with Crippen LogP contribution in [-0.4, -0.2) is 37.4 Å². The van der Waals surface area contributed by atoms with E-state index in [1.165, 1.54) is 0 Å². The molecule has 0 spiro atoms. The second-order valence-corrected chi connectivity index (χ2v) is 5.33. The molecule has 1 N–H and O–H groups in total. The Morgan fingerprint density at radius 2 is 2.21 bits per heavy atom. The molecule has 1 unspecified atom stereocenters. The van der Waals surface area contributed by atoms with Crippen LogP contribution >= 0.6 is 15.9 Å². The van der Waals surface area contributed by atoms with E-state index in [0.717, 1.165) is 16.6 Å². The van der Waals surface area contributed by atoms with Crippen LogP contribution in [0.2, 0.25) is 0 Å². The molecule has 0 amide bonds. The van der Waals surface area contributed by atoms with Crippen molar-refractivity contribution in [1.82, 2.24) is 0 Å². The Bertz CT molecular complexity index is 437. The summed E-state index contributed by atoms with van der Waals surface area (Å²) in [7, 11) is 1.65. The van der Waals surface area contributed by atoms with Crippen LogP contribution in [-0.2, 0) is 4.74 Å². The number of carboxylic acid groups (broad SMARTS) is 1. The first-order chi connectivity index (χ1) is 9.01. The summed E-state index contributed by atoms with van der Waals surface area (Å²) in [5.41, 5.74) is 1.05. The molecule has 19 heavy (non-hydrogen) atoms. The molecule has 4 nitrogen and oxygen atoms in total. The summed E-state index contributed by atoms with van der Waals surface area (Å²) in [6.45, 7) is 5.41. The van der Waals surface area contributed by atoms with Gasteiger partial charge in [0.05, 0.1) is 17.9 Å². The van der Waals surface area contributed by atoms with Gasteiger partial charge in [-0.25, -0.2) is 4.79 Å². The van der Waals surface area contributed by atoms with Crippen molar-refractivity contribution >= 4 is 27.6 Å². The van der Waals surface area contributed by atoms with Crippen molar-refractivity contribution in [2.24, 2.45) is 0 Å². The van der Waals surface area contributed by atoms with Crippen LogP contribution in [0.25, 0.3) is 0 Å². The topological polar surface area (TPSA) is 49.8 Å². The average molecular weight is 330 g/mol. The van der Waals surface area contributed by atoms with Crippen LogP contribution in [0.5, 0.6) is 0 Å². The summed E-state index contributed by atoms with van der Waals surface area (Å²) in [5.74, 6) is -0.909. The number of nitrogens with zero attached hydrogens (tertiary/aromatic N) is 1. The first-order valence-corrected chi connectivity index (χ1v) is 7.09. The lowest BCUT2D eigenvalue weighted by Gasteiger charge is -2.31. The van der Waals surface area contributed by atoms with Crippen LogP contribution in [0.15, 0.2) is 22.7 Å². The van der Waals surface area contributed by atoms with E-state index < -0.39 is 5.97 Å². The quantitative estimate of drug-likeness (QED) is 0.832. The van der Waals surface area contributed by atoms with Gasteiger partial charge in [0.25, 0.3) is 0 Å². The SMILES string of the molecule is CCC(C)N(CCOC)c1cc(Br)ccc1C(=O)O. The highest BCUT2D eigenvalue weighted by Crippen LogP contribution is 2.27. The second-order valence-electron chi connectivity index (χ2n) is 4.41. The first kappa shape index (κ1) is 16.0. The van der Waals surface area contributed by atoms with Gasteiger partial charge in [0, 0.05) is 24.2 Å². The average Bonchev–Trinajstić information content (AvgIpc) is 2.38. The highest BCUT2D eigenvalue weighted by molar-refractivity contribution is 9.10. The Hall–Kier alpha value is -1.07. The van der Waals surface area contributed by atoms with Crippen molar-refractivity contribution in [2.45, 2.75) is 26.3 Å². The van der Waals surface area contributed by atoms with E-state index in [9.17, 15) is 9.90 Å². The molecule has 0 aromatic heterocycles. The molecule has 0 saturated heterocycles. The molecule has 5 heteroatoms. The van der Waals surface area contributed by atoms with Gasteiger partial charge in [-0.2, -0.15) is 0 Å². The maximum Gasteiger partial charge on any atom is 0.337 e. The largest absolute Gasteiger partial charge is 0.478 e. The fourth-order valence-electron chi connectivity index (χ4n) is 1.91. The van der Waals surface area contributed by atoms with Crippen molar-refractivity contribution in [3.05, 3.63) is 28.2 Å². The standard InChI is InChI=1S/C14H20BrNO3/c1-4-10(2)16(7-8-19-3)13-9-11(15)5-6-12(13)14(17)18/h5-6,9-10H,4,7-8H2,1-3H3,(H,17,18). The molecule has 0 radical (unpaired) electrons. The van der Waals surface area contributed by atoms with Crippen molar-refractivity contribution in [3.8, 4) is 0 Å². The maximum absolute atomic E-state index is 11.3. The minimum Gasteiger partial charge on any atom is -0.478 e. The van der Waals surface area contributed by atoms with Gasteiger partial charge in [0.2, 0.25) is 0 Å². The molecule has 0 fully saturated rings. The van der Waals surface area contributed by atoms with E-state index >= 15 is 0 Å². The molecular weight excluding hydrogens is 310 g/mol. The molecule has 0 bridgehead atoms. The number of anilines is 1. The number of carbonyl (C=O) groups is 1. The lowest BCUT2D eigenvalue weighted by atomic mass is 10.1. The monoisotopic (exact) mass is 329 g/mol. The normalized spacial score (nSPS) is 12.2. The number of ether oxygens (including phenoxy) is 1. The van der Waals surface area contributed by atoms with Gasteiger partial charge < -0.3 is 14.7 Å². The Morgan fingerprint density at radius 1 is 1.53 bits per heavy atom. The number of halogens is 1. The maximum atomic E-state index is 11.3. The summed E-state index contributed by atoms with van der Waals surface area (Å²) in [6, 6.07) is 5.48. The van der Waals surface area contributed by atoms with Gasteiger partial charge in [-0.05, 0) is 31.5 Å². The second kappa shape index (κ2) is 7.50. The number of methoxy groups -OCH3 is 1. The van der Waals surface area contributed by atoms with Gasteiger partial charge >= 0.3 is 5.97 Å². The summed E-state index contributed by atoms with van der Waals surface area (Å²) in [5, 5.41) is 9.31. The van der Waals surface area contributed by atoms with E-state index in [2.05, 4.69) is 34.7 Å². The van der Waals surface area contributed by atoms with Gasteiger partial charge in [0.15, 0.2) is 0 Å². The zero-order valence-corrected chi connectivity index (χ0v) is 13.1. The number of rotatable bonds is 7. The number of hydrogen-bond donors (Lipinski definition) is 1. The van der Waals surface area contributed by atoms with Crippen LogP contribution in [0.3, 0.4) is 0 Å². The summed E-state index contributed by atoms with van der Waals surface area (Å²) < 4.78 is 5.99. The zero-order valence-electron chi connectivity index (χ0n) is 11.5. The molecule has 1 atom stereocenters. The Balaban J connectivity index is 3.19. The first-order valence-electron chi connectivity index (χ1n) is 6.29. The number of aromatic carboxylic acids is 1. The molecule has 0 saturated carbocycles. The molecule has 0 heterocycles. The number of benzene rings is 1. The highest BCUT2D eigenvalue weighted by Gasteiger charge is 2.19. The minimum atomic E-state index is -0.909. The Labute approximate surface area is 122 Å². The van der Waals surface area contributed by atoms with Crippen LogP contribution in [0, 0.1) is 0 Å². The smallest absolute Gasteiger partial charge is 0.337 e. The van der Waals surface area contributed by atoms with E-state index in [-0.39, 0.29) is 6.04 Å². The minimum absolute atomic E-state index is 0.252. The summed E-state index contributed by atoms with van der Waals surface area (Å²) in [6.07, 6.45) is 0.940. The molecule has 0 aliphatic carbocycles. The van der Waals surface area contributed by atoms with Crippen molar-refractivity contribution in [3.63, 3.8) is 0 Å². The summed E-state index contributed by atoms with van der Waals surface area (Å²) >= 11 is 3.40. The van der Waals surface area contributed by atoms with Crippen LogP contribution in [0.1, 0.15) is 30.6 Å². The zero-order chi connectivity index (χ0) is 14.4. The van der Waals surface area contributed by atoms with Gasteiger partial charge in [-0.15, -0.1) is 0 Å². The Morgan fingerprint density at radius 3 is 2.74 bits per heavy atom. The summed E-state index contributed by atoms with van der Waals surface area (Å²) in [4.78, 5) is 13.4. The highest BCUT2D eigenvalue weighted by atomic mass is 79.9. The van der Waals surface area contributed by atoms with Crippen molar-refractivity contribution in [2.75, 3.05) is 25.2 Å². The van der Waals surface area contributed by atoms with Gasteiger partial charge in [-0.1, -0.05) is 22.9 Å². The molecule has 0 aliphatic rings. The lowest BCUT2D eigenvalue weighted by molar-refractivity contribution is 0.0697. The molecule has 0 aliphatic heterocycles. The lowest BCUT2D eigenvalue weighted by Crippen LogP contribution is -2.36. The molecule has 1 rings (SSSR count). The fourth-order valence-corrected chi connectivity index (χ4v) is 2.26. The third-order valence-electron chi connectivity index (χ3n) is 3.16. The Kier molecular flexibility index (Phi) is 6.31. The van der Waals surface area contributed by atoms with E-state index in [0.29, 0.717) is 18.7 Å². The van der Waals surface area contributed by atoms with E-state index in [1.54, 1.807) is 19.2 Å². The van der Waals surface area contributed by atoms with Crippen molar-refractivity contribution < 1.29 is 14.6 Å². The van der Waals surface area contributed by atoms with E-state index in [1.807, 2.05) is 6.07 Å². The molecular formula is C14H20BrNO3. The third kappa shape index (κ3) is 4.21. The van der Waals surface area contributed by atoms with Crippen molar-refractivity contribution in [1.29, 1.82) is 0 Å². The molecule has 1 aromatic carbocycles. The predicted octanol–water partition coefficient (Wildman–Crippen LogP) is 3.40. The van der Waals surface area contributed by atoms with Crippen LogP contribution < -0.4 is 4.90 Å². The molecule has 1 aromatic rings.